The first-order valence-corrected chi connectivity index (χ1v) is 5.23. The van der Waals surface area contributed by atoms with Gasteiger partial charge in [0.25, 0.3) is 0 Å². The summed E-state index contributed by atoms with van der Waals surface area (Å²) in [6.07, 6.45) is 4.52. The average molecular weight is 184 g/mol. The Morgan fingerprint density at radius 2 is 2.08 bits per heavy atom. The van der Waals surface area contributed by atoms with Gasteiger partial charge >= 0.3 is 5.97 Å². The van der Waals surface area contributed by atoms with E-state index in [1.54, 1.807) is 0 Å². The minimum absolute atomic E-state index is 0.00894. The highest BCUT2D eigenvalue weighted by Crippen LogP contribution is 2.33. The topological polar surface area (TPSA) is 26.3 Å². The van der Waals surface area contributed by atoms with E-state index in [0.717, 1.165) is 18.8 Å². The van der Waals surface area contributed by atoms with E-state index in [4.69, 9.17) is 4.74 Å². The summed E-state index contributed by atoms with van der Waals surface area (Å²) in [5.74, 6) is 1.59. The van der Waals surface area contributed by atoms with Crippen molar-refractivity contribution in [2.45, 2.75) is 39.5 Å². The Balaban J connectivity index is 2.46. The van der Waals surface area contributed by atoms with Crippen molar-refractivity contribution in [2.24, 2.45) is 17.8 Å². The van der Waals surface area contributed by atoms with E-state index < -0.39 is 0 Å². The predicted octanol–water partition coefficient (Wildman–Crippen LogP) is 2.62. The highest BCUT2D eigenvalue weighted by Gasteiger charge is 2.28. The van der Waals surface area contributed by atoms with E-state index in [0.29, 0.717) is 5.92 Å². The minimum atomic E-state index is -0.00894. The molecule has 1 aliphatic carbocycles. The van der Waals surface area contributed by atoms with Crippen molar-refractivity contribution in [1.29, 1.82) is 0 Å². The maximum Gasteiger partial charge on any atom is 0.308 e. The fourth-order valence-corrected chi connectivity index (χ4v) is 2.21. The maximum absolute atomic E-state index is 11.3. The second-order valence-electron chi connectivity index (χ2n) is 4.39. The van der Waals surface area contributed by atoms with Gasteiger partial charge in [0, 0.05) is 0 Å². The monoisotopic (exact) mass is 184 g/mol. The van der Waals surface area contributed by atoms with E-state index in [2.05, 4.69) is 13.8 Å². The van der Waals surface area contributed by atoms with Gasteiger partial charge in [-0.15, -0.1) is 0 Å². The molecule has 1 rings (SSSR count). The molecular formula is C11H20O2. The number of methoxy groups -OCH3 is 1. The molecule has 0 spiro atoms. The first-order valence-electron chi connectivity index (χ1n) is 5.23. The van der Waals surface area contributed by atoms with Crippen molar-refractivity contribution in [3.63, 3.8) is 0 Å². The molecule has 13 heavy (non-hydrogen) atoms. The lowest BCUT2D eigenvalue weighted by Gasteiger charge is -2.29. The zero-order valence-corrected chi connectivity index (χ0v) is 8.88. The Hall–Kier alpha value is -0.530. The molecule has 0 aromatic heterocycles. The van der Waals surface area contributed by atoms with Crippen LogP contribution in [0.25, 0.3) is 0 Å². The van der Waals surface area contributed by atoms with Gasteiger partial charge in [-0.2, -0.15) is 0 Å². The number of ether oxygens (including phenoxy) is 1. The summed E-state index contributed by atoms with van der Waals surface area (Å²) in [6.45, 7) is 4.48. The standard InChI is InChI=1S/C11H20O2/c1-8(2)9-5-4-6-10(7-9)11(12)13-3/h8-10H,4-7H2,1-3H3/t9?,10-/m1/s1. The van der Waals surface area contributed by atoms with Crippen LogP contribution in [0.1, 0.15) is 39.5 Å². The number of hydrogen-bond donors (Lipinski definition) is 0. The van der Waals surface area contributed by atoms with Crippen LogP contribution in [0, 0.1) is 17.8 Å². The van der Waals surface area contributed by atoms with Gasteiger partial charge in [-0.1, -0.05) is 26.7 Å². The highest BCUT2D eigenvalue weighted by atomic mass is 16.5. The molecule has 1 fully saturated rings. The highest BCUT2D eigenvalue weighted by molar-refractivity contribution is 5.72. The van der Waals surface area contributed by atoms with Crippen LogP contribution in [0.4, 0.5) is 0 Å². The molecular weight excluding hydrogens is 164 g/mol. The second kappa shape index (κ2) is 4.64. The molecule has 2 atom stereocenters. The Morgan fingerprint density at radius 1 is 1.38 bits per heavy atom. The van der Waals surface area contributed by atoms with Gasteiger partial charge in [0.05, 0.1) is 13.0 Å². The van der Waals surface area contributed by atoms with Gasteiger partial charge in [-0.3, -0.25) is 4.79 Å². The zero-order chi connectivity index (χ0) is 9.84. The number of hydrogen-bond acceptors (Lipinski definition) is 2. The van der Waals surface area contributed by atoms with Crippen LogP contribution in [0.5, 0.6) is 0 Å². The first-order chi connectivity index (χ1) is 6.15. The summed E-state index contributed by atoms with van der Waals surface area (Å²) in [7, 11) is 1.49. The van der Waals surface area contributed by atoms with Crippen LogP contribution in [0.2, 0.25) is 0 Å². The van der Waals surface area contributed by atoms with E-state index in [1.165, 1.54) is 20.0 Å². The Labute approximate surface area is 80.7 Å². The molecule has 1 saturated carbocycles. The van der Waals surface area contributed by atoms with Gasteiger partial charge < -0.3 is 4.74 Å². The Bertz CT molecular complexity index is 175. The molecule has 0 aromatic carbocycles. The average Bonchev–Trinajstić information content (AvgIpc) is 2.17. The lowest BCUT2D eigenvalue weighted by Crippen LogP contribution is -2.26. The van der Waals surface area contributed by atoms with E-state index in [-0.39, 0.29) is 11.9 Å². The first kappa shape index (κ1) is 10.6. The Morgan fingerprint density at radius 3 is 2.62 bits per heavy atom. The third-order valence-corrected chi connectivity index (χ3v) is 3.19. The van der Waals surface area contributed by atoms with Crippen LogP contribution in [-0.4, -0.2) is 13.1 Å². The predicted molar refractivity (Wildman–Crippen MR) is 52.3 cm³/mol. The van der Waals surface area contributed by atoms with Crippen LogP contribution < -0.4 is 0 Å². The molecule has 2 heteroatoms. The quantitative estimate of drug-likeness (QED) is 0.617. The van der Waals surface area contributed by atoms with Crippen LogP contribution in [0.3, 0.4) is 0 Å². The zero-order valence-electron chi connectivity index (χ0n) is 8.88. The molecule has 2 nitrogen and oxygen atoms in total. The van der Waals surface area contributed by atoms with Gasteiger partial charge in [-0.25, -0.2) is 0 Å². The molecule has 0 amide bonds. The maximum atomic E-state index is 11.3. The van der Waals surface area contributed by atoms with Gasteiger partial charge in [0.2, 0.25) is 0 Å². The summed E-state index contributed by atoms with van der Waals surface area (Å²) in [5.41, 5.74) is 0. The third-order valence-electron chi connectivity index (χ3n) is 3.19. The van der Waals surface area contributed by atoms with E-state index >= 15 is 0 Å². The molecule has 0 radical (unpaired) electrons. The lowest BCUT2D eigenvalue weighted by molar-refractivity contribution is -0.147. The van der Waals surface area contributed by atoms with Gasteiger partial charge in [0.1, 0.15) is 0 Å². The third kappa shape index (κ3) is 2.71. The molecule has 1 aliphatic rings. The van der Waals surface area contributed by atoms with Crippen LogP contribution in [-0.2, 0) is 9.53 Å². The largest absolute Gasteiger partial charge is 0.469 e. The lowest BCUT2D eigenvalue weighted by atomic mass is 9.76. The minimum Gasteiger partial charge on any atom is -0.469 e. The van der Waals surface area contributed by atoms with Crippen molar-refractivity contribution in [1.82, 2.24) is 0 Å². The van der Waals surface area contributed by atoms with Gasteiger partial charge in [-0.05, 0) is 24.7 Å². The molecule has 0 aromatic rings. The Kier molecular flexibility index (Phi) is 3.76. The van der Waals surface area contributed by atoms with E-state index in [9.17, 15) is 4.79 Å². The smallest absolute Gasteiger partial charge is 0.308 e. The molecule has 0 N–H and O–H groups in total. The fraction of sp³-hybridized carbons (Fsp3) is 0.909. The van der Waals surface area contributed by atoms with Crippen molar-refractivity contribution >= 4 is 5.97 Å². The number of esters is 1. The second-order valence-corrected chi connectivity index (χ2v) is 4.39. The normalized spacial score (nSPS) is 28.9. The molecule has 1 unspecified atom stereocenters. The van der Waals surface area contributed by atoms with Crippen LogP contribution in [0.15, 0.2) is 0 Å². The number of rotatable bonds is 2. The summed E-state index contributed by atoms with van der Waals surface area (Å²) in [4.78, 5) is 11.3. The molecule has 0 heterocycles. The summed E-state index contributed by atoms with van der Waals surface area (Å²) in [5, 5.41) is 0. The summed E-state index contributed by atoms with van der Waals surface area (Å²) < 4.78 is 4.78. The molecule has 0 saturated heterocycles. The summed E-state index contributed by atoms with van der Waals surface area (Å²) in [6, 6.07) is 0. The summed E-state index contributed by atoms with van der Waals surface area (Å²) >= 11 is 0. The number of carbonyl (C=O) groups is 1. The molecule has 76 valence electrons. The van der Waals surface area contributed by atoms with Crippen molar-refractivity contribution < 1.29 is 9.53 Å². The number of carbonyl (C=O) groups excluding carboxylic acids is 1. The van der Waals surface area contributed by atoms with Crippen molar-refractivity contribution in [3.8, 4) is 0 Å². The van der Waals surface area contributed by atoms with E-state index in [1.807, 2.05) is 0 Å². The molecule has 0 bridgehead atoms. The van der Waals surface area contributed by atoms with Crippen LogP contribution >= 0.6 is 0 Å². The van der Waals surface area contributed by atoms with Crippen molar-refractivity contribution in [3.05, 3.63) is 0 Å². The van der Waals surface area contributed by atoms with Crippen molar-refractivity contribution in [2.75, 3.05) is 7.11 Å². The van der Waals surface area contributed by atoms with Gasteiger partial charge in [0.15, 0.2) is 0 Å². The molecule has 0 aliphatic heterocycles. The SMILES string of the molecule is COC(=O)[C@@H]1CCCC(C(C)C)C1. The fourth-order valence-electron chi connectivity index (χ4n) is 2.21.